The van der Waals surface area contributed by atoms with Crippen LogP contribution in [0.5, 0.6) is 0 Å². The minimum Gasteiger partial charge on any atom is -0.361 e. The van der Waals surface area contributed by atoms with Gasteiger partial charge >= 0.3 is 0 Å². The Morgan fingerprint density at radius 2 is 2.28 bits per heavy atom. The van der Waals surface area contributed by atoms with Crippen LogP contribution in [-0.4, -0.2) is 34.1 Å². The molecule has 1 saturated heterocycles. The summed E-state index contributed by atoms with van der Waals surface area (Å²) in [5, 5.41) is 1.44. The van der Waals surface area contributed by atoms with Crippen LogP contribution >= 0.6 is 12.6 Å². The second kappa shape index (κ2) is 4.69. The summed E-state index contributed by atoms with van der Waals surface area (Å²) in [5.74, 6) is 0.230. The van der Waals surface area contributed by atoms with E-state index in [0.717, 1.165) is 19.5 Å². The van der Waals surface area contributed by atoms with Crippen LogP contribution in [-0.2, 0) is 11.2 Å². The number of aromatic amines is 1. The van der Waals surface area contributed by atoms with Crippen molar-refractivity contribution in [2.75, 3.05) is 13.1 Å². The van der Waals surface area contributed by atoms with Gasteiger partial charge in [0, 0.05) is 36.5 Å². The van der Waals surface area contributed by atoms with Crippen molar-refractivity contribution in [2.24, 2.45) is 0 Å². The van der Waals surface area contributed by atoms with Crippen molar-refractivity contribution in [3.05, 3.63) is 36.0 Å². The summed E-state index contributed by atoms with van der Waals surface area (Å²) in [6.45, 7) is 1.57. The lowest BCUT2D eigenvalue weighted by atomic mass is 10.1. The van der Waals surface area contributed by atoms with Gasteiger partial charge in [-0.1, -0.05) is 18.2 Å². The number of nitrogens with one attached hydrogen (secondary N) is 1. The minimum absolute atomic E-state index is 0.207. The van der Waals surface area contributed by atoms with Crippen LogP contribution in [0.4, 0.5) is 0 Å². The van der Waals surface area contributed by atoms with Gasteiger partial charge in [0.2, 0.25) is 5.91 Å². The van der Waals surface area contributed by atoms with Gasteiger partial charge in [0.1, 0.15) is 0 Å². The summed E-state index contributed by atoms with van der Waals surface area (Å²) in [6, 6.07) is 8.36. The van der Waals surface area contributed by atoms with E-state index in [1.165, 1.54) is 16.5 Å². The number of fused-ring (bicyclic) bond motifs is 1. The van der Waals surface area contributed by atoms with Crippen molar-refractivity contribution in [1.29, 1.82) is 0 Å². The summed E-state index contributed by atoms with van der Waals surface area (Å²) < 4.78 is 0. The molecule has 1 N–H and O–H groups in total. The zero-order valence-electron chi connectivity index (χ0n) is 10.1. The molecule has 3 rings (SSSR count). The van der Waals surface area contributed by atoms with E-state index < -0.39 is 0 Å². The fourth-order valence-electron chi connectivity index (χ4n) is 2.58. The Morgan fingerprint density at radius 1 is 1.39 bits per heavy atom. The van der Waals surface area contributed by atoms with E-state index in [1.54, 1.807) is 0 Å². The van der Waals surface area contributed by atoms with Crippen molar-refractivity contribution in [3.63, 3.8) is 0 Å². The lowest BCUT2D eigenvalue weighted by molar-refractivity contribution is -0.127. The van der Waals surface area contributed by atoms with Crippen molar-refractivity contribution >= 4 is 29.4 Å². The number of benzene rings is 1. The minimum atomic E-state index is 0.207. The zero-order valence-corrected chi connectivity index (χ0v) is 11.0. The van der Waals surface area contributed by atoms with E-state index in [4.69, 9.17) is 0 Å². The number of H-pyrrole nitrogens is 1. The normalized spacial score (nSPS) is 19.9. The van der Waals surface area contributed by atoms with Crippen LogP contribution in [0.25, 0.3) is 10.9 Å². The molecule has 1 aromatic heterocycles. The molecule has 0 radical (unpaired) electrons. The molecule has 1 fully saturated rings. The lowest BCUT2D eigenvalue weighted by Gasteiger charge is -2.16. The maximum absolute atomic E-state index is 11.7. The zero-order chi connectivity index (χ0) is 12.5. The molecular formula is C14H16N2OS. The summed E-state index contributed by atoms with van der Waals surface area (Å²) in [4.78, 5) is 16.9. The Labute approximate surface area is 112 Å². The third kappa shape index (κ3) is 2.12. The van der Waals surface area contributed by atoms with E-state index in [1.807, 2.05) is 11.1 Å². The highest BCUT2D eigenvalue weighted by Gasteiger charge is 2.26. The van der Waals surface area contributed by atoms with Crippen LogP contribution in [0.2, 0.25) is 0 Å². The Kier molecular flexibility index (Phi) is 3.04. The van der Waals surface area contributed by atoms with Gasteiger partial charge in [-0.3, -0.25) is 4.79 Å². The number of thiol groups is 1. The topological polar surface area (TPSA) is 36.1 Å². The van der Waals surface area contributed by atoms with Crippen molar-refractivity contribution < 1.29 is 4.79 Å². The van der Waals surface area contributed by atoms with E-state index >= 15 is 0 Å². The van der Waals surface area contributed by atoms with Gasteiger partial charge in [0.15, 0.2) is 0 Å². The number of aromatic nitrogens is 1. The van der Waals surface area contributed by atoms with E-state index in [-0.39, 0.29) is 11.2 Å². The molecule has 3 nitrogen and oxygen atoms in total. The van der Waals surface area contributed by atoms with Gasteiger partial charge in [0.05, 0.1) is 0 Å². The first-order valence-electron chi connectivity index (χ1n) is 6.25. The van der Waals surface area contributed by atoms with E-state index in [2.05, 4.69) is 41.9 Å². The number of carbonyl (C=O) groups is 1. The highest BCUT2D eigenvalue weighted by Crippen LogP contribution is 2.20. The second-order valence-corrected chi connectivity index (χ2v) is 5.54. The molecule has 1 aliphatic heterocycles. The molecule has 1 aliphatic rings. The van der Waals surface area contributed by atoms with Gasteiger partial charge in [-0.2, -0.15) is 12.6 Å². The predicted molar refractivity (Wildman–Crippen MR) is 76.0 cm³/mol. The molecule has 1 unspecified atom stereocenters. The fourth-order valence-corrected chi connectivity index (χ4v) is 2.93. The number of hydrogen-bond acceptors (Lipinski definition) is 2. The summed E-state index contributed by atoms with van der Waals surface area (Å²) >= 11 is 4.37. The van der Waals surface area contributed by atoms with E-state index in [0.29, 0.717) is 6.42 Å². The van der Waals surface area contributed by atoms with Crippen molar-refractivity contribution in [1.82, 2.24) is 9.88 Å². The largest absolute Gasteiger partial charge is 0.361 e. The average Bonchev–Trinajstić information content (AvgIpc) is 2.93. The molecule has 18 heavy (non-hydrogen) atoms. The van der Waals surface area contributed by atoms with Crippen LogP contribution in [0, 0.1) is 0 Å². The summed E-state index contributed by atoms with van der Waals surface area (Å²) in [6.07, 6.45) is 3.43. The van der Waals surface area contributed by atoms with Gasteiger partial charge in [-0.25, -0.2) is 0 Å². The smallest absolute Gasteiger partial charge is 0.223 e. The molecule has 1 atom stereocenters. The predicted octanol–water partition coefficient (Wildman–Crippen LogP) is 2.24. The van der Waals surface area contributed by atoms with Gasteiger partial charge < -0.3 is 9.88 Å². The lowest BCUT2D eigenvalue weighted by Crippen LogP contribution is -2.27. The van der Waals surface area contributed by atoms with Crippen LogP contribution < -0.4 is 0 Å². The number of amides is 1. The number of nitrogens with zero attached hydrogens (tertiary/aromatic N) is 1. The molecule has 2 aromatic rings. The Bertz CT molecular complexity index is 578. The highest BCUT2D eigenvalue weighted by atomic mass is 32.1. The van der Waals surface area contributed by atoms with E-state index in [9.17, 15) is 4.79 Å². The monoisotopic (exact) mass is 260 g/mol. The van der Waals surface area contributed by atoms with Crippen LogP contribution in [0.15, 0.2) is 30.5 Å². The van der Waals surface area contributed by atoms with Crippen LogP contribution in [0.3, 0.4) is 0 Å². The SMILES string of the molecule is O=C1CC(S)CN1CCc1cccc2cc[nH]c12. The summed E-state index contributed by atoms with van der Waals surface area (Å²) in [7, 11) is 0. The third-order valence-electron chi connectivity index (χ3n) is 3.52. The molecule has 2 heterocycles. The molecule has 0 bridgehead atoms. The first-order chi connectivity index (χ1) is 8.74. The number of rotatable bonds is 3. The molecular weight excluding hydrogens is 244 g/mol. The number of likely N-dealkylation sites (tertiary alicyclic amines) is 1. The van der Waals surface area contributed by atoms with Gasteiger partial charge in [-0.05, 0) is 23.4 Å². The molecule has 0 spiro atoms. The Morgan fingerprint density at radius 3 is 3.06 bits per heavy atom. The maximum Gasteiger partial charge on any atom is 0.223 e. The van der Waals surface area contributed by atoms with Gasteiger partial charge in [-0.15, -0.1) is 0 Å². The second-order valence-electron chi connectivity index (χ2n) is 4.81. The first-order valence-corrected chi connectivity index (χ1v) is 6.76. The molecule has 1 aromatic carbocycles. The van der Waals surface area contributed by atoms with Crippen molar-refractivity contribution in [3.8, 4) is 0 Å². The van der Waals surface area contributed by atoms with Crippen LogP contribution in [0.1, 0.15) is 12.0 Å². The summed E-state index contributed by atoms with van der Waals surface area (Å²) in [5.41, 5.74) is 2.46. The Hall–Kier alpha value is -1.42. The quantitative estimate of drug-likeness (QED) is 0.816. The number of para-hydroxylation sites is 1. The first kappa shape index (κ1) is 11.7. The average molecular weight is 260 g/mol. The number of carbonyl (C=O) groups excluding carboxylic acids is 1. The molecule has 0 saturated carbocycles. The third-order valence-corrected chi connectivity index (χ3v) is 3.86. The molecule has 94 valence electrons. The van der Waals surface area contributed by atoms with Crippen molar-refractivity contribution in [2.45, 2.75) is 18.1 Å². The highest BCUT2D eigenvalue weighted by molar-refractivity contribution is 7.81. The molecule has 0 aliphatic carbocycles. The van der Waals surface area contributed by atoms with Gasteiger partial charge in [0.25, 0.3) is 0 Å². The fraction of sp³-hybridized carbons (Fsp3) is 0.357. The standard InChI is InChI=1S/C14H16N2OS/c17-13-8-12(18)9-16(13)7-5-11-3-1-2-10-4-6-15-14(10)11/h1-4,6,12,15,18H,5,7-9H2. The molecule has 1 amide bonds. The number of hydrogen-bond donors (Lipinski definition) is 2. The molecule has 4 heteroatoms. The Balaban J connectivity index is 1.73. The maximum atomic E-state index is 11.7.